The number of imidazole rings is 1. The second-order valence-corrected chi connectivity index (χ2v) is 7.14. The summed E-state index contributed by atoms with van der Waals surface area (Å²) in [5, 5.41) is 0.883. The predicted octanol–water partition coefficient (Wildman–Crippen LogP) is 4.20. The zero-order valence-electron chi connectivity index (χ0n) is 13.3. The maximum absolute atomic E-state index is 12.1. The van der Waals surface area contributed by atoms with Crippen LogP contribution in [0.25, 0.3) is 5.69 Å². The van der Waals surface area contributed by atoms with E-state index in [-0.39, 0.29) is 11.2 Å². The summed E-state index contributed by atoms with van der Waals surface area (Å²) >= 11 is 1.51. The number of carbonyl (C=O) groups excluding carboxylic acids is 1. The van der Waals surface area contributed by atoms with Gasteiger partial charge in [0.25, 0.3) is 0 Å². The van der Waals surface area contributed by atoms with Crippen LogP contribution in [0.2, 0.25) is 0 Å². The molecule has 4 heteroatoms. The molecule has 21 heavy (non-hydrogen) atoms. The largest absolute Gasteiger partial charge is 0.298 e. The Bertz CT molecular complexity index is 639. The molecule has 1 aromatic heterocycles. The molecule has 0 atom stereocenters. The molecule has 0 unspecified atom stereocenters. The van der Waals surface area contributed by atoms with Crippen LogP contribution in [-0.2, 0) is 4.79 Å². The lowest BCUT2D eigenvalue weighted by Crippen LogP contribution is -2.22. The first kappa shape index (κ1) is 15.8. The molecule has 1 heterocycles. The number of aryl methyl sites for hydroxylation is 1. The van der Waals surface area contributed by atoms with Crippen LogP contribution >= 0.6 is 11.8 Å². The Labute approximate surface area is 130 Å². The lowest BCUT2D eigenvalue weighted by Gasteiger charge is -2.16. The summed E-state index contributed by atoms with van der Waals surface area (Å²) in [6.45, 7) is 9.93. The van der Waals surface area contributed by atoms with Gasteiger partial charge in [0.1, 0.15) is 5.78 Å². The normalized spacial score (nSPS) is 11.7. The minimum absolute atomic E-state index is 0.241. The second-order valence-electron chi connectivity index (χ2n) is 6.20. The van der Waals surface area contributed by atoms with Crippen molar-refractivity contribution in [1.29, 1.82) is 0 Å². The van der Waals surface area contributed by atoms with E-state index < -0.39 is 0 Å². The Morgan fingerprint density at radius 1 is 1.19 bits per heavy atom. The molecule has 2 rings (SSSR count). The molecule has 0 radical (unpaired) electrons. The highest BCUT2D eigenvalue weighted by Crippen LogP contribution is 2.27. The van der Waals surface area contributed by atoms with Crippen LogP contribution in [-0.4, -0.2) is 21.1 Å². The third kappa shape index (κ3) is 3.56. The number of benzene rings is 1. The molecule has 0 aliphatic rings. The highest BCUT2D eigenvalue weighted by molar-refractivity contribution is 7.99. The zero-order valence-corrected chi connectivity index (χ0v) is 14.1. The number of thioether (sulfide) groups is 1. The monoisotopic (exact) mass is 302 g/mol. The van der Waals surface area contributed by atoms with Crippen LogP contribution < -0.4 is 0 Å². The molecule has 0 fully saturated rings. The van der Waals surface area contributed by atoms with Gasteiger partial charge in [-0.2, -0.15) is 0 Å². The maximum atomic E-state index is 12.1. The van der Waals surface area contributed by atoms with Gasteiger partial charge in [0.15, 0.2) is 5.16 Å². The number of hydrogen-bond donors (Lipinski definition) is 0. The number of para-hydroxylation sites is 1. The fourth-order valence-electron chi connectivity index (χ4n) is 1.90. The summed E-state index contributed by atoms with van der Waals surface area (Å²) < 4.78 is 2.12. The van der Waals surface area contributed by atoms with E-state index >= 15 is 0 Å². The second kappa shape index (κ2) is 6.06. The molecule has 0 bridgehead atoms. The first-order chi connectivity index (χ1) is 9.80. The fourth-order valence-corrected chi connectivity index (χ4v) is 3.17. The third-order valence-electron chi connectivity index (χ3n) is 3.50. The summed E-state index contributed by atoms with van der Waals surface area (Å²) in [4.78, 5) is 16.7. The van der Waals surface area contributed by atoms with E-state index in [1.54, 1.807) is 0 Å². The predicted molar refractivity (Wildman–Crippen MR) is 88.2 cm³/mol. The van der Waals surface area contributed by atoms with E-state index in [9.17, 15) is 4.79 Å². The van der Waals surface area contributed by atoms with Gasteiger partial charge in [-0.15, -0.1) is 0 Å². The van der Waals surface area contributed by atoms with Crippen molar-refractivity contribution in [3.63, 3.8) is 0 Å². The van der Waals surface area contributed by atoms with Gasteiger partial charge >= 0.3 is 0 Å². The van der Waals surface area contributed by atoms with Gasteiger partial charge in [-0.05, 0) is 26.0 Å². The molecule has 112 valence electrons. The highest BCUT2D eigenvalue weighted by Gasteiger charge is 2.22. The van der Waals surface area contributed by atoms with Crippen molar-refractivity contribution in [2.24, 2.45) is 5.41 Å². The van der Waals surface area contributed by atoms with Gasteiger partial charge in [0.05, 0.1) is 11.4 Å². The average molecular weight is 302 g/mol. The number of ketones is 1. The molecule has 1 aromatic carbocycles. The minimum Gasteiger partial charge on any atom is -0.298 e. The molecule has 2 aromatic rings. The Balaban J connectivity index is 2.29. The van der Waals surface area contributed by atoms with E-state index in [1.165, 1.54) is 11.8 Å². The summed E-state index contributed by atoms with van der Waals surface area (Å²) in [5.74, 6) is 0.692. The molecule has 3 nitrogen and oxygen atoms in total. The number of Topliss-reactive ketones (excluding diaryl/α,β-unsaturated/α-hetero) is 1. The molecule has 0 N–H and O–H groups in total. The standard InChI is InChI=1S/C17H22N2OS/c1-12-13(2)19(14-9-7-6-8-10-14)16(18-12)21-11-15(20)17(3,4)5/h6-10H,11H2,1-5H3. The number of rotatable bonds is 4. The van der Waals surface area contributed by atoms with Gasteiger partial charge in [0, 0.05) is 16.8 Å². The van der Waals surface area contributed by atoms with Crippen molar-refractivity contribution in [3.05, 3.63) is 41.7 Å². The van der Waals surface area contributed by atoms with Crippen LogP contribution in [0.3, 0.4) is 0 Å². The van der Waals surface area contributed by atoms with Crippen LogP contribution in [0.15, 0.2) is 35.5 Å². The topological polar surface area (TPSA) is 34.9 Å². The minimum atomic E-state index is -0.304. The Hall–Kier alpha value is -1.55. The maximum Gasteiger partial charge on any atom is 0.173 e. The Kier molecular flexibility index (Phi) is 4.57. The van der Waals surface area contributed by atoms with Crippen LogP contribution in [0.5, 0.6) is 0 Å². The van der Waals surface area contributed by atoms with Gasteiger partial charge in [-0.1, -0.05) is 50.7 Å². The van der Waals surface area contributed by atoms with E-state index in [0.29, 0.717) is 5.75 Å². The van der Waals surface area contributed by atoms with Gasteiger partial charge in [-0.3, -0.25) is 9.36 Å². The van der Waals surface area contributed by atoms with Crippen molar-refractivity contribution < 1.29 is 4.79 Å². The van der Waals surface area contributed by atoms with Crippen molar-refractivity contribution in [1.82, 2.24) is 9.55 Å². The smallest absolute Gasteiger partial charge is 0.173 e. The lowest BCUT2D eigenvalue weighted by atomic mass is 9.92. The van der Waals surface area contributed by atoms with Crippen molar-refractivity contribution in [3.8, 4) is 5.69 Å². The zero-order chi connectivity index (χ0) is 15.6. The first-order valence-corrected chi connectivity index (χ1v) is 8.06. The van der Waals surface area contributed by atoms with Gasteiger partial charge in [-0.25, -0.2) is 4.98 Å². The lowest BCUT2D eigenvalue weighted by molar-refractivity contribution is -0.123. The van der Waals surface area contributed by atoms with Crippen LogP contribution in [0.1, 0.15) is 32.2 Å². The average Bonchev–Trinajstić information content (AvgIpc) is 2.71. The quantitative estimate of drug-likeness (QED) is 0.794. The van der Waals surface area contributed by atoms with Gasteiger partial charge < -0.3 is 0 Å². The van der Waals surface area contributed by atoms with Crippen LogP contribution in [0.4, 0.5) is 0 Å². The Morgan fingerprint density at radius 2 is 1.81 bits per heavy atom. The molecule has 0 amide bonds. The fraction of sp³-hybridized carbons (Fsp3) is 0.412. The summed E-state index contributed by atoms with van der Waals surface area (Å²) in [6.07, 6.45) is 0. The number of carbonyl (C=O) groups is 1. The number of hydrogen-bond acceptors (Lipinski definition) is 3. The first-order valence-electron chi connectivity index (χ1n) is 7.08. The number of aromatic nitrogens is 2. The van der Waals surface area contributed by atoms with Gasteiger partial charge in [0.2, 0.25) is 0 Å². The molecule has 0 aliphatic carbocycles. The van der Waals surface area contributed by atoms with E-state index in [1.807, 2.05) is 45.9 Å². The summed E-state index contributed by atoms with van der Waals surface area (Å²) in [6, 6.07) is 10.1. The highest BCUT2D eigenvalue weighted by atomic mass is 32.2. The van der Waals surface area contributed by atoms with E-state index in [2.05, 4.69) is 28.6 Å². The van der Waals surface area contributed by atoms with E-state index in [0.717, 1.165) is 22.2 Å². The van der Waals surface area contributed by atoms with E-state index in [4.69, 9.17) is 0 Å². The Morgan fingerprint density at radius 3 is 2.38 bits per heavy atom. The molecule has 0 saturated carbocycles. The summed E-state index contributed by atoms with van der Waals surface area (Å²) in [7, 11) is 0. The van der Waals surface area contributed by atoms with Crippen molar-refractivity contribution in [2.45, 2.75) is 39.8 Å². The van der Waals surface area contributed by atoms with Crippen molar-refractivity contribution >= 4 is 17.5 Å². The van der Waals surface area contributed by atoms with Crippen LogP contribution in [0, 0.1) is 19.3 Å². The third-order valence-corrected chi connectivity index (χ3v) is 4.44. The summed E-state index contributed by atoms with van der Waals surface area (Å²) in [5.41, 5.74) is 2.90. The number of nitrogens with zero attached hydrogens (tertiary/aromatic N) is 2. The van der Waals surface area contributed by atoms with Crippen molar-refractivity contribution in [2.75, 3.05) is 5.75 Å². The molecule has 0 saturated heterocycles. The molecular weight excluding hydrogens is 280 g/mol. The SMILES string of the molecule is Cc1nc(SCC(=O)C(C)(C)C)n(-c2ccccc2)c1C. The molecule has 0 spiro atoms. The molecule has 0 aliphatic heterocycles. The molecular formula is C17H22N2OS.